The van der Waals surface area contributed by atoms with E-state index in [2.05, 4.69) is 15.6 Å². The predicted molar refractivity (Wildman–Crippen MR) is 77.5 cm³/mol. The number of urea groups is 1. The van der Waals surface area contributed by atoms with Crippen molar-refractivity contribution in [3.8, 4) is 5.75 Å². The van der Waals surface area contributed by atoms with Gasteiger partial charge in [-0.3, -0.25) is 5.32 Å². The molecule has 0 spiro atoms. The van der Waals surface area contributed by atoms with E-state index < -0.39 is 18.0 Å². The summed E-state index contributed by atoms with van der Waals surface area (Å²) >= 11 is 1.23. The van der Waals surface area contributed by atoms with Crippen molar-refractivity contribution < 1.29 is 19.8 Å². The van der Waals surface area contributed by atoms with Gasteiger partial charge < -0.3 is 15.5 Å². The number of anilines is 1. The Morgan fingerprint density at radius 3 is 2.57 bits per heavy atom. The molecule has 7 nitrogen and oxygen atoms in total. The highest BCUT2D eigenvalue weighted by molar-refractivity contribution is 7.13. The summed E-state index contributed by atoms with van der Waals surface area (Å²) in [5.74, 6) is -1.04. The molecule has 0 aliphatic heterocycles. The Hall–Kier alpha value is -2.61. The number of aromatic nitrogens is 1. The second-order valence-electron chi connectivity index (χ2n) is 4.20. The van der Waals surface area contributed by atoms with Crippen molar-refractivity contribution in [1.82, 2.24) is 10.3 Å². The zero-order chi connectivity index (χ0) is 15.2. The quantitative estimate of drug-likeness (QED) is 0.671. The Kier molecular flexibility index (Phi) is 4.72. The molecule has 2 amide bonds. The molecule has 110 valence electrons. The molecular weight excluding hydrogens is 294 g/mol. The molecule has 0 radical (unpaired) electrons. The number of carbonyl (C=O) groups excluding carboxylic acids is 1. The molecule has 1 aromatic heterocycles. The second kappa shape index (κ2) is 6.71. The molecule has 2 aromatic rings. The number of aromatic hydroxyl groups is 1. The normalized spacial score (nSPS) is 11.6. The van der Waals surface area contributed by atoms with Crippen molar-refractivity contribution >= 4 is 28.5 Å². The lowest BCUT2D eigenvalue weighted by Gasteiger charge is -2.14. The largest absolute Gasteiger partial charge is 0.508 e. The van der Waals surface area contributed by atoms with Crippen LogP contribution in [0.2, 0.25) is 0 Å². The number of carboxylic acid groups (broad SMARTS) is 1. The number of carboxylic acids is 1. The van der Waals surface area contributed by atoms with E-state index in [1.165, 1.54) is 29.7 Å². The van der Waals surface area contributed by atoms with E-state index in [0.29, 0.717) is 10.7 Å². The van der Waals surface area contributed by atoms with Gasteiger partial charge >= 0.3 is 12.0 Å². The van der Waals surface area contributed by atoms with Gasteiger partial charge in [0, 0.05) is 18.0 Å². The summed E-state index contributed by atoms with van der Waals surface area (Å²) in [6.45, 7) is 0. The minimum atomic E-state index is -1.14. The lowest BCUT2D eigenvalue weighted by atomic mass is 10.1. The fraction of sp³-hybridized carbons (Fsp3) is 0.154. The summed E-state index contributed by atoms with van der Waals surface area (Å²) in [6.07, 6.45) is 1.65. The van der Waals surface area contributed by atoms with Gasteiger partial charge in [0.25, 0.3) is 0 Å². The monoisotopic (exact) mass is 307 g/mol. The first-order valence-corrected chi connectivity index (χ1v) is 6.90. The topological polar surface area (TPSA) is 112 Å². The number of hydrogen-bond donors (Lipinski definition) is 4. The number of carbonyl (C=O) groups is 2. The maximum absolute atomic E-state index is 11.7. The minimum absolute atomic E-state index is 0.0973. The molecule has 0 saturated carbocycles. The average molecular weight is 307 g/mol. The Labute approximate surface area is 124 Å². The van der Waals surface area contributed by atoms with Crippen molar-refractivity contribution in [2.45, 2.75) is 12.5 Å². The molecule has 2 rings (SSSR count). The Morgan fingerprint density at radius 1 is 1.29 bits per heavy atom. The van der Waals surface area contributed by atoms with Gasteiger partial charge in [-0.25, -0.2) is 14.6 Å². The molecule has 0 bridgehead atoms. The van der Waals surface area contributed by atoms with Gasteiger partial charge in [-0.2, -0.15) is 0 Å². The molecule has 1 aromatic carbocycles. The number of phenols is 1. The summed E-state index contributed by atoms with van der Waals surface area (Å²) in [5.41, 5.74) is 0.690. The molecular formula is C13H13N3O4S. The van der Waals surface area contributed by atoms with Crippen molar-refractivity contribution in [2.75, 3.05) is 5.32 Å². The highest BCUT2D eigenvalue weighted by Gasteiger charge is 2.20. The smallest absolute Gasteiger partial charge is 0.326 e. The first-order chi connectivity index (χ1) is 10.0. The minimum Gasteiger partial charge on any atom is -0.508 e. The molecule has 0 aliphatic carbocycles. The number of rotatable bonds is 5. The van der Waals surface area contributed by atoms with Crippen LogP contribution < -0.4 is 10.6 Å². The first-order valence-electron chi connectivity index (χ1n) is 6.02. The van der Waals surface area contributed by atoms with Crippen molar-refractivity contribution in [3.05, 3.63) is 41.4 Å². The molecule has 4 N–H and O–H groups in total. The third-order valence-electron chi connectivity index (χ3n) is 2.63. The molecule has 0 fully saturated rings. The highest BCUT2D eigenvalue weighted by Crippen LogP contribution is 2.12. The van der Waals surface area contributed by atoms with E-state index in [1.807, 2.05) is 0 Å². The van der Waals surface area contributed by atoms with E-state index in [4.69, 9.17) is 5.11 Å². The van der Waals surface area contributed by atoms with E-state index in [-0.39, 0.29) is 12.2 Å². The van der Waals surface area contributed by atoms with Crippen molar-refractivity contribution in [1.29, 1.82) is 0 Å². The van der Waals surface area contributed by atoms with Crippen molar-refractivity contribution in [2.24, 2.45) is 0 Å². The average Bonchev–Trinajstić information content (AvgIpc) is 2.93. The van der Waals surface area contributed by atoms with Crippen LogP contribution in [-0.4, -0.2) is 33.2 Å². The van der Waals surface area contributed by atoms with Crippen molar-refractivity contribution in [3.63, 3.8) is 0 Å². The number of hydrogen-bond acceptors (Lipinski definition) is 5. The molecule has 21 heavy (non-hydrogen) atoms. The van der Waals surface area contributed by atoms with Gasteiger partial charge in [-0.1, -0.05) is 12.1 Å². The van der Waals surface area contributed by atoms with E-state index in [9.17, 15) is 14.7 Å². The maximum Gasteiger partial charge on any atom is 0.326 e. The lowest BCUT2D eigenvalue weighted by Crippen LogP contribution is -2.44. The van der Waals surface area contributed by atoms with E-state index in [1.54, 1.807) is 17.5 Å². The van der Waals surface area contributed by atoms with Crippen LogP contribution >= 0.6 is 11.3 Å². The predicted octanol–water partition coefficient (Wildman–Crippen LogP) is 1.67. The van der Waals surface area contributed by atoms with Crippen LogP contribution in [0.1, 0.15) is 5.56 Å². The SMILES string of the molecule is O=C(Nc1nccs1)N[C@H](Cc1ccc(O)cc1)C(=O)O. The summed E-state index contributed by atoms with van der Waals surface area (Å²) in [7, 11) is 0. The molecule has 1 heterocycles. The van der Waals surface area contributed by atoms with Gasteiger partial charge in [-0.05, 0) is 17.7 Å². The molecule has 0 unspecified atom stereocenters. The van der Waals surface area contributed by atoms with E-state index in [0.717, 1.165) is 0 Å². The number of thiazole rings is 1. The standard InChI is InChI=1S/C13H13N3O4S/c17-9-3-1-8(2-4-9)7-10(11(18)19)15-12(20)16-13-14-5-6-21-13/h1-6,10,17H,7H2,(H,18,19)(H2,14,15,16,20)/t10-/m1/s1. The third kappa shape index (κ3) is 4.46. The van der Waals surface area contributed by atoms with Crippen LogP contribution in [0.25, 0.3) is 0 Å². The molecule has 0 aliphatic rings. The number of phenolic OH excluding ortho intramolecular Hbond substituents is 1. The summed E-state index contributed by atoms with van der Waals surface area (Å²) in [4.78, 5) is 26.8. The van der Waals surface area contributed by atoms with Crippen LogP contribution in [0.3, 0.4) is 0 Å². The Morgan fingerprint density at radius 2 is 2.00 bits per heavy atom. The first kappa shape index (κ1) is 14.8. The van der Waals surface area contributed by atoms with Gasteiger partial charge in [0.15, 0.2) is 5.13 Å². The van der Waals surface area contributed by atoms with Crippen LogP contribution in [0.15, 0.2) is 35.8 Å². The van der Waals surface area contributed by atoms with Crippen LogP contribution in [-0.2, 0) is 11.2 Å². The number of aliphatic carboxylic acids is 1. The van der Waals surface area contributed by atoms with Crippen LogP contribution in [0, 0.1) is 0 Å². The second-order valence-corrected chi connectivity index (χ2v) is 5.09. The molecule has 1 atom stereocenters. The highest BCUT2D eigenvalue weighted by atomic mass is 32.1. The van der Waals surface area contributed by atoms with Gasteiger partial charge in [0.1, 0.15) is 11.8 Å². The fourth-order valence-corrected chi connectivity index (χ4v) is 2.17. The third-order valence-corrected chi connectivity index (χ3v) is 3.32. The molecule has 0 saturated heterocycles. The Bertz CT molecular complexity index is 613. The Balaban J connectivity index is 1.97. The van der Waals surface area contributed by atoms with Gasteiger partial charge in [-0.15, -0.1) is 11.3 Å². The summed E-state index contributed by atoms with van der Waals surface area (Å²) in [6, 6.07) is 4.43. The maximum atomic E-state index is 11.7. The number of amides is 2. The van der Waals surface area contributed by atoms with Crippen LogP contribution in [0.4, 0.5) is 9.93 Å². The van der Waals surface area contributed by atoms with Gasteiger partial charge in [0.05, 0.1) is 0 Å². The van der Waals surface area contributed by atoms with Crippen LogP contribution in [0.5, 0.6) is 5.75 Å². The number of nitrogens with one attached hydrogen (secondary N) is 2. The zero-order valence-electron chi connectivity index (χ0n) is 10.8. The summed E-state index contributed by atoms with van der Waals surface area (Å²) in [5, 5.41) is 25.3. The number of nitrogens with zero attached hydrogens (tertiary/aromatic N) is 1. The zero-order valence-corrected chi connectivity index (χ0v) is 11.6. The fourth-order valence-electron chi connectivity index (χ4n) is 1.64. The van der Waals surface area contributed by atoms with E-state index >= 15 is 0 Å². The lowest BCUT2D eigenvalue weighted by molar-refractivity contribution is -0.139. The number of benzene rings is 1. The van der Waals surface area contributed by atoms with Gasteiger partial charge in [0.2, 0.25) is 0 Å². The molecule has 8 heteroatoms. The summed E-state index contributed by atoms with van der Waals surface area (Å²) < 4.78 is 0.